The molecule has 0 aromatic heterocycles. The maximum Gasteiger partial charge on any atom is 0.335 e. The van der Waals surface area contributed by atoms with E-state index in [9.17, 15) is 14.7 Å². The van der Waals surface area contributed by atoms with Gasteiger partial charge < -0.3 is 15.2 Å². The first-order valence-corrected chi connectivity index (χ1v) is 8.36. The topological polar surface area (TPSA) is 75.6 Å². The Morgan fingerprint density at radius 3 is 2.41 bits per heavy atom. The molecule has 0 saturated carbocycles. The van der Waals surface area contributed by atoms with Crippen LogP contribution in [0.5, 0.6) is 0 Å². The van der Waals surface area contributed by atoms with Gasteiger partial charge in [-0.3, -0.25) is 4.79 Å². The van der Waals surface area contributed by atoms with Crippen molar-refractivity contribution in [2.24, 2.45) is 17.8 Å². The number of carboxylic acids is 1. The summed E-state index contributed by atoms with van der Waals surface area (Å²) in [5, 5.41) is 12.6. The second-order valence-electron chi connectivity index (χ2n) is 6.99. The van der Waals surface area contributed by atoms with Gasteiger partial charge in [-0.15, -0.1) is 0 Å². The molecule has 5 heteroatoms. The number of carbonyl (C=O) groups excluding carboxylic acids is 1. The number of aliphatic carboxylic acids is 1. The Labute approximate surface area is 133 Å². The number of nitrogens with one attached hydrogen (secondary N) is 1. The molecule has 2 N–H and O–H groups in total. The third-order valence-electron chi connectivity index (χ3n) is 5.24. The first-order chi connectivity index (χ1) is 10.2. The SMILES string of the molecule is CCC(=O)NC1C(C)CC(C)(C(=O)O)OC1C(C)C(C)CC. The van der Waals surface area contributed by atoms with Crippen molar-refractivity contribution in [3.8, 4) is 0 Å². The molecule has 6 unspecified atom stereocenters. The largest absolute Gasteiger partial charge is 0.479 e. The lowest BCUT2D eigenvalue weighted by Gasteiger charge is -2.47. The molecule has 1 saturated heterocycles. The van der Waals surface area contributed by atoms with Crippen molar-refractivity contribution < 1.29 is 19.4 Å². The summed E-state index contributed by atoms with van der Waals surface area (Å²) in [7, 11) is 0. The third-order valence-corrected chi connectivity index (χ3v) is 5.24. The minimum Gasteiger partial charge on any atom is -0.479 e. The fourth-order valence-electron chi connectivity index (χ4n) is 3.27. The van der Waals surface area contributed by atoms with E-state index in [1.807, 2.05) is 13.8 Å². The van der Waals surface area contributed by atoms with Crippen molar-refractivity contribution >= 4 is 11.9 Å². The number of amides is 1. The van der Waals surface area contributed by atoms with Crippen LogP contribution in [0, 0.1) is 17.8 Å². The lowest BCUT2D eigenvalue weighted by atomic mass is 9.75. The average molecular weight is 313 g/mol. The van der Waals surface area contributed by atoms with E-state index in [2.05, 4.69) is 26.1 Å². The van der Waals surface area contributed by atoms with E-state index in [1.54, 1.807) is 6.92 Å². The van der Waals surface area contributed by atoms with Crippen LogP contribution in [-0.4, -0.2) is 34.7 Å². The van der Waals surface area contributed by atoms with Gasteiger partial charge in [-0.05, 0) is 31.1 Å². The van der Waals surface area contributed by atoms with E-state index >= 15 is 0 Å². The highest BCUT2D eigenvalue weighted by Gasteiger charge is 2.49. The standard InChI is InChI=1S/C17H31NO4/c1-7-10(3)12(5)15-14(18-13(19)8-2)11(4)9-17(6,22-15)16(20)21/h10-12,14-15H,7-9H2,1-6H3,(H,18,19)(H,20,21). The van der Waals surface area contributed by atoms with E-state index in [0.29, 0.717) is 18.8 Å². The fourth-order valence-corrected chi connectivity index (χ4v) is 3.27. The molecular formula is C17H31NO4. The minimum absolute atomic E-state index is 0.0132. The summed E-state index contributed by atoms with van der Waals surface area (Å²) in [4.78, 5) is 23.4. The van der Waals surface area contributed by atoms with Crippen molar-refractivity contribution in [3.05, 3.63) is 0 Å². The smallest absolute Gasteiger partial charge is 0.335 e. The fraction of sp³-hybridized carbons (Fsp3) is 0.882. The maximum absolute atomic E-state index is 11.8. The molecule has 0 radical (unpaired) electrons. The number of hydrogen-bond acceptors (Lipinski definition) is 3. The molecule has 128 valence electrons. The molecule has 0 aliphatic carbocycles. The normalized spacial score (nSPS) is 34.7. The molecule has 1 fully saturated rings. The molecule has 0 spiro atoms. The van der Waals surface area contributed by atoms with Gasteiger partial charge >= 0.3 is 5.97 Å². The van der Waals surface area contributed by atoms with Gasteiger partial charge in [0.2, 0.25) is 5.91 Å². The predicted molar refractivity (Wildman–Crippen MR) is 85.5 cm³/mol. The average Bonchev–Trinajstić information content (AvgIpc) is 2.47. The summed E-state index contributed by atoms with van der Waals surface area (Å²) in [5.74, 6) is -0.313. The zero-order valence-corrected chi connectivity index (χ0v) is 14.7. The highest BCUT2D eigenvalue weighted by atomic mass is 16.5. The number of ether oxygens (including phenoxy) is 1. The molecule has 0 aromatic rings. The Kier molecular flexibility index (Phi) is 6.41. The second kappa shape index (κ2) is 7.44. The molecular weight excluding hydrogens is 282 g/mol. The highest BCUT2D eigenvalue weighted by molar-refractivity contribution is 5.78. The van der Waals surface area contributed by atoms with Gasteiger partial charge in [0.15, 0.2) is 5.60 Å². The summed E-state index contributed by atoms with van der Waals surface area (Å²) in [6.07, 6.45) is 1.54. The number of hydrogen-bond donors (Lipinski definition) is 2. The van der Waals surface area contributed by atoms with Gasteiger partial charge in [0.25, 0.3) is 0 Å². The van der Waals surface area contributed by atoms with Gasteiger partial charge in [-0.25, -0.2) is 4.79 Å². The molecule has 1 heterocycles. The van der Waals surface area contributed by atoms with Crippen molar-refractivity contribution in [1.29, 1.82) is 0 Å². The van der Waals surface area contributed by atoms with Crippen LogP contribution in [-0.2, 0) is 14.3 Å². The summed E-state index contributed by atoms with van der Waals surface area (Å²) in [5.41, 5.74) is -1.18. The molecule has 6 atom stereocenters. The Hall–Kier alpha value is -1.10. The monoisotopic (exact) mass is 313 g/mol. The zero-order valence-electron chi connectivity index (χ0n) is 14.7. The van der Waals surface area contributed by atoms with E-state index in [1.165, 1.54) is 0 Å². The van der Waals surface area contributed by atoms with Crippen LogP contribution >= 0.6 is 0 Å². The number of carboxylic acid groups (broad SMARTS) is 1. The molecule has 1 aliphatic heterocycles. The third kappa shape index (κ3) is 4.00. The van der Waals surface area contributed by atoms with Crippen LogP contribution in [0.25, 0.3) is 0 Å². The molecule has 1 aliphatic rings. The zero-order chi connectivity index (χ0) is 17.1. The molecule has 1 rings (SSSR count). The van der Waals surface area contributed by atoms with Gasteiger partial charge in [-0.2, -0.15) is 0 Å². The Morgan fingerprint density at radius 2 is 1.95 bits per heavy atom. The van der Waals surface area contributed by atoms with Crippen LogP contribution in [0.3, 0.4) is 0 Å². The highest BCUT2D eigenvalue weighted by Crippen LogP contribution is 2.38. The maximum atomic E-state index is 11.8. The molecule has 0 aromatic carbocycles. The number of rotatable bonds is 6. The van der Waals surface area contributed by atoms with E-state index in [0.717, 1.165) is 6.42 Å². The van der Waals surface area contributed by atoms with Crippen LogP contribution in [0.4, 0.5) is 0 Å². The Bertz CT molecular complexity index is 411. The van der Waals surface area contributed by atoms with Gasteiger partial charge in [0.1, 0.15) is 0 Å². The van der Waals surface area contributed by atoms with Gasteiger partial charge in [-0.1, -0.05) is 41.0 Å². The van der Waals surface area contributed by atoms with E-state index < -0.39 is 11.6 Å². The van der Waals surface area contributed by atoms with Crippen LogP contribution in [0.2, 0.25) is 0 Å². The number of carbonyl (C=O) groups is 2. The van der Waals surface area contributed by atoms with Crippen LogP contribution in [0.15, 0.2) is 0 Å². The van der Waals surface area contributed by atoms with Crippen molar-refractivity contribution in [2.45, 2.75) is 78.6 Å². The van der Waals surface area contributed by atoms with Crippen LogP contribution < -0.4 is 5.32 Å². The molecule has 5 nitrogen and oxygen atoms in total. The summed E-state index contributed by atoms with van der Waals surface area (Å²) >= 11 is 0. The van der Waals surface area contributed by atoms with E-state index in [-0.39, 0.29) is 29.9 Å². The van der Waals surface area contributed by atoms with Crippen molar-refractivity contribution in [1.82, 2.24) is 5.32 Å². The second-order valence-corrected chi connectivity index (χ2v) is 6.99. The van der Waals surface area contributed by atoms with E-state index in [4.69, 9.17) is 4.74 Å². The lowest BCUT2D eigenvalue weighted by Crippen LogP contribution is -2.61. The quantitative estimate of drug-likeness (QED) is 0.790. The van der Waals surface area contributed by atoms with Gasteiger partial charge in [0, 0.05) is 6.42 Å². The summed E-state index contributed by atoms with van der Waals surface area (Å²) < 4.78 is 6.03. The predicted octanol–water partition coefficient (Wildman–Crippen LogP) is 2.83. The first-order valence-electron chi connectivity index (χ1n) is 8.36. The van der Waals surface area contributed by atoms with Gasteiger partial charge in [0.05, 0.1) is 12.1 Å². The Balaban J connectivity index is 3.07. The summed E-state index contributed by atoms with van der Waals surface area (Å²) in [6, 6.07) is -0.135. The molecule has 22 heavy (non-hydrogen) atoms. The van der Waals surface area contributed by atoms with Crippen molar-refractivity contribution in [3.63, 3.8) is 0 Å². The lowest BCUT2D eigenvalue weighted by molar-refractivity contribution is -0.200. The van der Waals surface area contributed by atoms with Crippen LogP contribution in [0.1, 0.15) is 60.8 Å². The first kappa shape index (κ1) is 18.9. The summed E-state index contributed by atoms with van der Waals surface area (Å²) in [6.45, 7) is 11.8. The molecule has 1 amide bonds. The molecule has 0 bridgehead atoms. The Morgan fingerprint density at radius 1 is 1.36 bits per heavy atom. The minimum atomic E-state index is -1.18. The van der Waals surface area contributed by atoms with Crippen molar-refractivity contribution in [2.75, 3.05) is 0 Å².